The maximum absolute atomic E-state index is 13.1. The number of ether oxygens (including phenoxy) is 2. The van der Waals surface area contributed by atoms with Gasteiger partial charge < -0.3 is 20.1 Å². The van der Waals surface area contributed by atoms with Crippen molar-refractivity contribution in [2.45, 2.75) is 58.5 Å². The van der Waals surface area contributed by atoms with Crippen molar-refractivity contribution in [3.05, 3.63) is 23.8 Å². The monoisotopic (exact) mass is 429 g/mol. The van der Waals surface area contributed by atoms with Gasteiger partial charge in [-0.2, -0.15) is 0 Å². The van der Waals surface area contributed by atoms with Crippen molar-refractivity contribution < 1.29 is 23.9 Å². The van der Waals surface area contributed by atoms with E-state index in [9.17, 15) is 14.4 Å². The molecule has 3 aliphatic rings. The topological polar surface area (TPSA) is 97.0 Å². The third-order valence-electron chi connectivity index (χ3n) is 6.74. The van der Waals surface area contributed by atoms with Crippen LogP contribution in [0.25, 0.3) is 0 Å². The van der Waals surface area contributed by atoms with Gasteiger partial charge in [0.25, 0.3) is 5.91 Å². The third kappa shape index (κ3) is 4.20. The van der Waals surface area contributed by atoms with Gasteiger partial charge in [0.1, 0.15) is 25.3 Å². The zero-order valence-electron chi connectivity index (χ0n) is 18.5. The number of para-hydroxylation sites is 1. The molecular weight excluding hydrogens is 398 g/mol. The number of hydrogen-bond acceptors (Lipinski definition) is 5. The SMILES string of the molecule is CC(C)(C)C1CCC2(CC1)NC(=O)N(CC(=O)NCc1cccc3c1OCCO3)C2=O. The standard InChI is InChI=1S/C23H31N3O5/c1-22(2,3)16-7-9-23(10-8-16)20(28)26(21(29)25-23)14-18(27)24-13-15-5-4-6-17-19(15)31-12-11-30-17/h4-6,16H,7-14H2,1-3H3,(H,24,27)(H,25,29). The molecule has 0 unspecified atom stereocenters. The number of fused-ring (bicyclic) bond motifs is 1. The Morgan fingerprint density at radius 3 is 2.61 bits per heavy atom. The lowest BCUT2D eigenvalue weighted by Crippen LogP contribution is -2.51. The Morgan fingerprint density at radius 1 is 1.19 bits per heavy atom. The van der Waals surface area contributed by atoms with E-state index in [0.29, 0.717) is 43.5 Å². The van der Waals surface area contributed by atoms with Crippen molar-refractivity contribution in [3.63, 3.8) is 0 Å². The van der Waals surface area contributed by atoms with Crippen LogP contribution in [0.4, 0.5) is 4.79 Å². The average molecular weight is 430 g/mol. The second kappa shape index (κ2) is 8.05. The lowest BCUT2D eigenvalue weighted by molar-refractivity contribution is -0.136. The molecule has 2 aliphatic heterocycles. The first-order chi connectivity index (χ1) is 14.7. The normalized spacial score (nSPS) is 25.5. The predicted octanol–water partition coefficient (Wildman–Crippen LogP) is 2.60. The summed E-state index contributed by atoms with van der Waals surface area (Å²) in [6.45, 7) is 7.52. The summed E-state index contributed by atoms with van der Waals surface area (Å²) >= 11 is 0. The molecule has 1 aromatic rings. The van der Waals surface area contributed by atoms with Crippen molar-refractivity contribution in [2.24, 2.45) is 11.3 Å². The molecule has 4 amide bonds. The number of rotatable bonds is 4. The van der Waals surface area contributed by atoms with Gasteiger partial charge in [-0.05, 0) is 43.1 Å². The van der Waals surface area contributed by atoms with E-state index in [4.69, 9.17) is 9.47 Å². The van der Waals surface area contributed by atoms with Gasteiger partial charge in [0.2, 0.25) is 5.91 Å². The van der Waals surface area contributed by atoms with Crippen LogP contribution < -0.4 is 20.1 Å². The van der Waals surface area contributed by atoms with Crippen LogP contribution in [0.1, 0.15) is 52.0 Å². The lowest BCUT2D eigenvalue weighted by Gasteiger charge is -2.40. The predicted molar refractivity (Wildman–Crippen MR) is 114 cm³/mol. The van der Waals surface area contributed by atoms with Crippen molar-refractivity contribution >= 4 is 17.8 Å². The molecule has 0 atom stereocenters. The molecule has 0 aromatic heterocycles. The molecule has 8 nitrogen and oxygen atoms in total. The number of urea groups is 1. The number of nitrogens with zero attached hydrogens (tertiary/aromatic N) is 1. The number of amides is 4. The Kier molecular flexibility index (Phi) is 5.58. The molecule has 1 spiro atoms. The van der Waals surface area contributed by atoms with E-state index in [2.05, 4.69) is 31.4 Å². The van der Waals surface area contributed by atoms with Crippen molar-refractivity contribution in [1.82, 2.24) is 15.5 Å². The van der Waals surface area contributed by atoms with Gasteiger partial charge in [-0.15, -0.1) is 0 Å². The summed E-state index contributed by atoms with van der Waals surface area (Å²) in [7, 11) is 0. The van der Waals surface area contributed by atoms with Crippen LogP contribution in [-0.4, -0.2) is 48.0 Å². The number of imide groups is 1. The molecule has 4 rings (SSSR count). The number of benzene rings is 1. The minimum atomic E-state index is -0.858. The minimum Gasteiger partial charge on any atom is -0.486 e. The number of carbonyl (C=O) groups excluding carboxylic acids is 3. The molecule has 31 heavy (non-hydrogen) atoms. The van der Waals surface area contributed by atoms with Crippen LogP contribution in [-0.2, 0) is 16.1 Å². The molecule has 2 fully saturated rings. The van der Waals surface area contributed by atoms with E-state index >= 15 is 0 Å². The molecule has 8 heteroatoms. The number of carbonyl (C=O) groups is 3. The fraction of sp³-hybridized carbons (Fsp3) is 0.609. The van der Waals surface area contributed by atoms with Crippen LogP contribution >= 0.6 is 0 Å². The first kappa shape index (κ1) is 21.5. The van der Waals surface area contributed by atoms with Gasteiger partial charge in [0, 0.05) is 12.1 Å². The van der Waals surface area contributed by atoms with E-state index < -0.39 is 17.5 Å². The summed E-state index contributed by atoms with van der Waals surface area (Å²) in [6.07, 6.45) is 3.00. The third-order valence-corrected chi connectivity index (χ3v) is 6.74. The smallest absolute Gasteiger partial charge is 0.325 e. The lowest BCUT2D eigenvalue weighted by atomic mass is 9.67. The van der Waals surface area contributed by atoms with E-state index in [-0.39, 0.29) is 24.4 Å². The molecule has 1 saturated heterocycles. The van der Waals surface area contributed by atoms with Crippen LogP contribution in [0.5, 0.6) is 11.5 Å². The van der Waals surface area contributed by atoms with Crippen LogP contribution in [0.2, 0.25) is 0 Å². The quantitative estimate of drug-likeness (QED) is 0.717. The fourth-order valence-electron chi connectivity index (χ4n) is 4.80. The second-order valence-corrected chi connectivity index (χ2v) is 9.76. The Hall–Kier alpha value is -2.77. The highest BCUT2D eigenvalue weighted by Gasteiger charge is 2.53. The second-order valence-electron chi connectivity index (χ2n) is 9.76. The molecular formula is C23H31N3O5. The highest BCUT2D eigenvalue weighted by Crippen LogP contribution is 2.43. The van der Waals surface area contributed by atoms with Gasteiger partial charge in [-0.1, -0.05) is 32.9 Å². The molecule has 2 heterocycles. The van der Waals surface area contributed by atoms with Gasteiger partial charge in [0.05, 0.1) is 0 Å². The van der Waals surface area contributed by atoms with E-state index in [1.54, 1.807) is 0 Å². The molecule has 2 N–H and O–H groups in total. The summed E-state index contributed by atoms with van der Waals surface area (Å²) in [6, 6.07) is 5.03. The first-order valence-corrected chi connectivity index (χ1v) is 11.0. The maximum atomic E-state index is 13.1. The largest absolute Gasteiger partial charge is 0.486 e. The van der Waals surface area contributed by atoms with Gasteiger partial charge in [-0.3, -0.25) is 14.5 Å². The van der Waals surface area contributed by atoms with Crippen LogP contribution in [0.15, 0.2) is 18.2 Å². The minimum absolute atomic E-state index is 0.179. The first-order valence-electron chi connectivity index (χ1n) is 11.0. The van der Waals surface area contributed by atoms with E-state index in [0.717, 1.165) is 23.3 Å². The Bertz CT molecular complexity index is 884. The van der Waals surface area contributed by atoms with E-state index in [1.165, 1.54) is 0 Å². The molecule has 0 bridgehead atoms. The summed E-state index contributed by atoms with van der Waals surface area (Å²) in [5.74, 6) is 1.12. The molecule has 0 radical (unpaired) electrons. The highest BCUT2D eigenvalue weighted by atomic mass is 16.6. The van der Waals surface area contributed by atoms with Gasteiger partial charge >= 0.3 is 6.03 Å². The molecule has 168 valence electrons. The zero-order valence-corrected chi connectivity index (χ0v) is 18.5. The fourth-order valence-corrected chi connectivity index (χ4v) is 4.80. The Labute approximate surface area is 182 Å². The van der Waals surface area contributed by atoms with Gasteiger partial charge in [-0.25, -0.2) is 4.79 Å². The highest BCUT2D eigenvalue weighted by molar-refractivity contribution is 6.09. The van der Waals surface area contributed by atoms with Crippen molar-refractivity contribution in [2.75, 3.05) is 19.8 Å². The molecule has 1 aliphatic carbocycles. The van der Waals surface area contributed by atoms with Gasteiger partial charge in [0.15, 0.2) is 11.5 Å². The maximum Gasteiger partial charge on any atom is 0.325 e. The summed E-state index contributed by atoms with van der Waals surface area (Å²) < 4.78 is 11.2. The van der Waals surface area contributed by atoms with E-state index in [1.807, 2.05) is 18.2 Å². The van der Waals surface area contributed by atoms with Crippen LogP contribution in [0.3, 0.4) is 0 Å². The summed E-state index contributed by atoms with van der Waals surface area (Å²) in [4.78, 5) is 39.2. The molecule has 1 saturated carbocycles. The zero-order chi connectivity index (χ0) is 22.2. The van der Waals surface area contributed by atoms with Crippen molar-refractivity contribution in [3.8, 4) is 11.5 Å². The van der Waals surface area contributed by atoms with Crippen molar-refractivity contribution in [1.29, 1.82) is 0 Å². The number of hydrogen-bond donors (Lipinski definition) is 2. The Balaban J connectivity index is 1.35. The summed E-state index contributed by atoms with van der Waals surface area (Å²) in [5, 5.41) is 5.67. The Morgan fingerprint density at radius 2 is 1.90 bits per heavy atom. The molecule has 1 aromatic carbocycles. The van der Waals surface area contributed by atoms with Crippen LogP contribution in [0, 0.1) is 11.3 Å². The average Bonchev–Trinajstić information content (AvgIpc) is 2.96. The number of nitrogens with one attached hydrogen (secondary N) is 2. The summed E-state index contributed by atoms with van der Waals surface area (Å²) in [5.41, 5.74) is 0.112.